The number of carbonyl (C=O) groups is 1. The Bertz CT molecular complexity index is 674. The zero-order valence-corrected chi connectivity index (χ0v) is 14.1. The van der Waals surface area contributed by atoms with Gasteiger partial charge in [0.2, 0.25) is 0 Å². The smallest absolute Gasteiger partial charge is 0.256 e. The number of halogens is 1. The zero-order chi connectivity index (χ0) is 15.4. The monoisotopic (exact) mass is 398 g/mol. The molecule has 0 fully saturated rings. The summed E-state index contributed by atoms with van der Waals surface area (Å²) in [6.07, 6.45) is 0. The third-order valence-electron chi connectivity index (χ3n) is 2.91. The molecule has 0 bridgehead atoms. The molecule has 1 aromatic carbocycles. The molecule has 0 saturated heterocycles. The van der Waals surface area contributed by atoms with Crippen LogP contribution in [0.4, 0.5) is 5.82 Å². The van der Waals surface area contributed by atoms with Crippen LogP contribution in [0.1, 0.15) is 16.1 Å². The topological polar surface area (TPSA) is 60.5 Å². The van der Waals surface area contributed by atoms with Gasteiger partial charge in [0, 0.05) is 9.13 Å². The number of aromatic nitrogens is 1. The van der Waals surface area contributed by atoms with Gasteiger partial charge in [-0.25, -0.2) is 4.98 Å². The Labute approximate surface area is 136 Å². The number of carbonyl (C=O) groups excluding carboxylic acids is 1. The number of nitrogens with one attached hydrogen (secondary N) is 1. The highest BCUT2D eigenvalue weighted by atomic mass is 127. The first kappa shape index (κ1) is 15.6. The van der Waals surface area contributed by atoms with E-state index < -0.39 is 0 Å². The lowest BCUT2D eigenvalue weighted by Crippen LogP contribution is -2.13. The summed E-state index contributed by atoms with van der Waals surface area (Å²) < 4.78 is 11.4. The van der Waals surface area contributed by atoms with Crippen molar-refractivity contribution in [3.05, 3.63) is 45.2 Å². The molecule has 110 valence electrons. The molecule has 0 aliphatic heterocycles. The minimum Gasteiger partial charge on any atom is -0.493 e. The van der Waals surface area contributed by atoms with Crippen molar-refractivity contribution in [2.45, 2.75) is 6.92 Å². The summed E-state index contributed by atoms with van der Waals surface area (Å²) in [5, 5.41) is 2.77. The Morgan fingerprint density at radius 3 is 2.48 bits per heavy atom. The number of nitrogens with zero attached hydrogens (tertiary/aromatic N) is 1. The van der Waals surface area contributed by atoms with Gasteiger partial charge in [0.15, 0.2) is 11.5 Å². The molecule has 1 amide bonds. The van der Waals surface area contributed by atoms with Crippen LogP contribution < -0.4 is 14.8 Å². The van der Waals surface area contributed by atoms with Gasteiger partial charge in [0.05, 0.1) is 19.9 Å². The Hall–Kier alpha value is -1.83. The molecule has 1 aromatic heterocycles. The van der Waals surface area contributed by atoms with Crippen molar-refractivity contribution in [3.8, 4) is 11.5 Å². The quantitative estimate of drug-likeness (QED) is 0.804. The normalized spacial score (nSPS) is 10.1. The van der Waals surface area contributed by atoms with Crippen molar-refractivity contribution in [1.29, 1.82) is 0 Å². The van der Waals surface area contributed by atoms with Gasteiger partial charge in [0.1, 0.15) is 5.82 Å². The van der Waals surface area contributed by atoms with Crippen LogP contribution in [-0.2, 0) is 0 Å². The van der Waals surface area contributed by atoms with E-state index in [0.717, 1.165) is 9.26 Å². The van der Waals surface area contributed by atoms with Crippen molar-refractivity contribution in [1.82, 2.24) is 4.98 Å². The van der Waals surface area contributed by atoms with E-state index >= 15 is 0 Å². The van der Waals surface area contributed by atoms with Crippen molar-refractivity contribution in [3.63, 3.8) is 0 Å². The van der Waals surface area contributed by atoms with Gasteiger partial charge < -0.3 is 14.8 Å². The Morgan fingerprint density at radius 2 is 1.86 bits per heavy atom. The summed E-state index contributed by atoms with van der Waals surface area (Å²) in [5.74, 6) is 1.37. The lowest BCUT2D eigenvalue weighted by Gasteiger charge is -2.10. The van der Waals surface area contributed by atoms with Crippen LogP contribution in [0, 0.1) is 10.5 Å². The number of amides is 1. The highest BCUT2D eigenvalue weighted by Gasteiger charge is 2.11. The number of aryl methyl sites for hydroxylation is 1. The average molecular weight is 398 g/mol. The minimum atomic E-state index is -0.246. The number of pyridine rings is 1. The summed E-state index contributed by atoms with van der Waals surface area (Å²) in [4.78, 5) is 16.5. The van der Waals surface area contributed by atoms with E-state index in [4.69, 9.17) is 9.47 Å². The van der Waals surface area contributed by atoms with E-state index in [-0.39, 0.29) is 5.91 Å². The fourth-order valence-corrected chi connectivity index (χ4v) is 2.08. The van der Waals surface area contributed by atoms with Crippen molar-refractivity contribution in [2.24, 2.45) is 0 Å². The summed E-state index contributed by atoms with van der Waals surface area (Å²) in [7, 11) is 3.08. The predicted molar refractivity (Wildman–Crippen MR) is 89.2 cm³/mol. The Kier molecular flexibility index (Phi) is 5.00. The second-order valence-corrected chi connectivity index (χ2v) is 5.45. The maximum absolute atomic E-state index is 12.2. The van der Waals surface area contributed by atoms with Crippen LogP contribution >= 0.6 is 22.6 Å². The van der Waals surface area contributed by atoms with E-state index in [1.165, 1.54) is 7.11 Å². The van der Waals surface area contributed by atoms with E-state index in [1.54, 1.807) is 31.4 Å². The van der Waals surface area contributed by atoms with Crippen molar-refractivity contribution >= 4 is 34.3 Å². The molecule has 6 heteroatoms. The van der Waals surface area contributed by atoms with Gasteiger partial charge in [0.25, 0.3) is 5.91 Å². The highest BCUT2D eigenvalue weighted by molar-refractivity contribution is 14.1. The molecular weight excluding hydrogens is 383 g/mol. The number of methoxy groups -OCH3 is 2. The first-order valence-corrected chi connectivity index (χ1v) is 7.29. The van der Waals surface area contributed by atoms with Crippen LogP contribution in [0.25, 0.3) is 0 Å². The molecule has 0 spiro atoms. The number of anilines is 1. The third kappa shape index (κ3) is 3.63. The Balaban J connectivity index is 2.21. The highest BCUT2D eigenvalue weighted by Crippen LogP contribution is 2.27. The first-order chi connectivity index (χ1) is 10.0. The number of ether oxygens (including phenoxy) is 2. The molecule has 0 atom stereocenters. The molecule has 2 aromatic rings. The van der Waals surface area contributed by atoms with E-state index in [2.05, 4.69) is 32.9 Å². The van der Waals surface area contributed by atoms with E-state index in [9.17, 15) is 4.79 Å². The minimum absolute atomic E-state index is 0.246. The maximum atomic E-state index is 12.2. The molecule has 0 radical (unpaired) electrons. The van der Waals surface area contributed by atoms with Gasteiger partial charge in [-0.1, -0.05) is 0 Å². The SMILES string of the molecule is COc1ccc(C(=O)Nc2ccc(I)c(C)n2)cc1OC. The molecule has 0 aliphatic rings. The molecule has 2 rings (SSSR count). The average Bonchev–Trinajstić information content (AvgIpc) is 2.50. The molecule has 0 saturated carbocycles. The van der Waals surface area contributed by atoms with Gasteiger partial charge in [-0.05, 0) is 59.8 Å². The second kappa shape index (κ2) is 6.75. The largest absolute Gasteiger partial charge is 0.493 e. The maximum Gasteiger partial charge on any atom is 0.256 e. The molecule has 0 unspecified atom stereocenters. The lowest BCUT2D eigenvalue weighted by atomic mass is 10.2. The number of benzene rings is 1. The second-order valence-electron chi connectivity index (χ2n) is 4.29. The fourth-order valence-electron chi connectivity index (χ4n) is 1.78. The standard InChI is InChI=1S/C15H15IN2O3/c1-9-11(16)5-7-14(17-9)18-15(19)10-4-6-12(20-2)13(8-10)21-3/h4-8H,1-3H3,(H,17,18,19). The lowest BCUT2D eigenvalue weighted by molar-refractivity contribution is 0.102. The summed E-state index contributed by atoms with van der Waals surface area (Å²) in [6, 6.07) is 8.69. The summed E-state index contributed by atoms with van der Waals surface area (Å²) in [6.45, 7) is 1.90. The van der Waals surface area contributed by atoms with Crippen molar-refractivity contribution in [2.75, 3.05) is 19.5 Å². The van der Waals surface area contributed by atoms with Crippen LogP contribution in [0.15, 0.2) is 30.3 Å². The van der Waals surface area contributed by atoms with E-state index in [1.807, 2.05) is 13.0 Å². The van der Waals surface area contributed by atoms with Gasteiger partial charge in [-0.15, -0.1) is 0 Å². The molecular formula is C15H15IN2O3. The van der Waals surface area contributed by atoms with E-state index in [0.29, 0.717) is 22.9 Å². The predicted octanol–water partition coefficient (Wildman–Crippen LogP) is 3.26. The summed E-state index contributed by atoms with van der Waals surface area (Å²) in [5.41, 5.74) is 1.35. The molecule has 1 heterocycles. The van der Waals surface area contributed by atoms with Crippen LogP contribution in [0.5, 0.6) is 11.5 Å². The van der Waals surface area contributed by atoms with Crippen molar-refractivity contribution < 1.29 is 14.3 Å². The molecule has 5 nitrogen and oxygen atoms in total. The third-order valence-corrected chi connectivity index (χ3v) is 4.05. The van der Waals surface area contributed by atoms with Crippen LogP contribution in [-0.4, -0.2) is 25.1 Å². The van der Waals surface area contributed by atoms with Gasteiger partial charge >= 0.3 is 0 Å². The Morgan fingerprint density at radius 1 is 1.14 bits per heavy atom. The zero-order valence-electron chi connectivity index (χ0n) is 11.9. The number of hydrogen-bond acceptors (Lipinski definition) is 4. The molecule has 21 heavy (non-hydrogen) atoms. The van der Waals surface area contributed by atoms with Crippen LogP contribution in [0.2, 0.25) is 0 Å². The first-order valence-electron chi connectivity index (χ1n) is 6.21. The van der Waals surface area contributed by atoms with Gasteiger partial charge in [-0.3, -0.25) is 4.79 Å². The molecule has 1 N–H and O–H groups in total. The number of rotatable bonds is 4. The fraction of sp³-hybridized carbons (Fsp3) is 0.200. The van der Waals surface area contributed by atoms with Crippen LogP contribution in [0.3, 0.4) is 0 Å². The van der Waals surface area contributed by atoms with Gasteiger partial charge in [-0.2, -0.15) is 0 Å². The number of hydrogen-bond donors (Lipinski definition) is 1. The molecule has 0 aliphatic carbocycles. The summed E-state index contributed by atoms with van der Waals surface area (Å²) >= 11 is 2.20.